The van der Waals surface area contributed by atoms with Crippen molar-refractivity contribution < 1.29 is 5.11 Å². The number of anilines is 1. The maximum absolute atomic E-state index is 9.53. The molecule has 0 aliphatic carbocycles. The number of thiocarbonyl (C=S) groups is 1. The first-order chi connectivity index (χ1) is 13.2. The molecule has 1 aliphatic heterocycles. The summed E-state index contributed by atoms with van der Waals surface area (Å²) in [4.78, 5) is 6.59. The zero-order valence-corrected chi connectivity index (χ0v) is 16.2. The Kier molecular flexibility index (Phi) is 5.05. The number of benzene rings is 2. The smallest absolute Gasteiger partial charge is 0.174 e. The Bertz CT molecular complexity index is 988. The first kappa shape index (κ1) is 17.9. The highest BCUT2D eigenvalue weighted by Crippen LogP contribution is 2.28. The SMILES string of the molecule is Cc1cc2c(NC(=S)N3Cc4ccccc4CC3CCO)cccc2cn1. The monoisotopic (exact) mass is 377 g/mol. The Labute approximate surface area is 164 Å². The summed E-state index contributed by atoms with van der Waals surface area (Å²) >= 11 is 5.79. The van der Waals surface area contributed by atoms with Crippen LogP contribution in [0, 0.1) is 6.92 Å². The molecule has 1 atom stereocenters. The summed E-state index contributed by atoms with van der Waals surface area (Å²) in [7, 11) is 0. The van der Waals surface area contributed by atoms with Crippen LogP contribution in [0.1, 0.15) is 23.2 Å². The van der Waals surface area contributed by atoms with Crippen LogP contribution in [-0.2, 0) is 13.0 Å². The number of hydrogen-bond donors (Lipinski definition) is 2. The van der Waals surface area contributed by atoms with E-state index in [1.165, 1.54) is 11.1 Å². The van der Waals surface area contributed by atoms with Gasteiger partial charge in [-0.3, -0.25) is 4.98 Å². The normalized spacial score (nSPS) is 16.2. The number of aryl methyl sites for hydroxylation is 1. The number of fused-ring (bicyclic) bond motifs is 2. The predicted octanol–water partition coefficient (Wildman–Crippen LogP) is 4.05. The standard InChI is InChI=1S/C22H23N3OS/c1-15-11-20-17(13-23-15)7-4-8-21(20)24-22(27)25-14-18-6-3-2-5-16(18)12-19(25)9-10-26/h2-8,11,13,19,26H,9-10,12,14H2,1H3,(H,24,27). The first-order valence-corrected chi connectivity index (χ1v) is 9.67. The molecule has 1 unspecified atom stereocenters. The van der Waals surface area contributed by atoms with E-state index >= 15 is 0 Å². The third-order valence-electron chi connectivity index (χ3n) is 5.22. The van der Waals surface area contributed by atoms with Gasteiger partial charge in [-0.15, -0.1) is 0 Å². The summed E-state index contributed by atoms with van der Waals surface area (Å²) < 4.78 is 0. The second-order valence-electron chi connectivity index (χ2n) is 7.05. The van der Waals surface area contributed by atoms with Gasteiger partial charge < -0.3 is 15.3 Å². The molecule has 0 bridgehead atoms. The third-order valence-corrected chi connectivity index (χ3v) is 5.56. The second-order valence-corrected chi connectivity index (χ2v) is 7.44. The lowest BCUT2D eigenvalue weighted by Gasteiger charge is -2.38. The van der Waals surface area contributed by atoms with Crippen molar-refractivity contribution in [2.24, 2.45) is 0 Å². The predicted molar refractivity (Wildman–Crippen MR) is 114 cm³/mol. The average Bonchev–Trinajstić information content (AvgIpc) is 2.68. The maximum Gasteiger partial charge on any atom is 0.174 e. The largest absolute Gasteiger partial charge is 0.396 e. The van der Waals surface area contributed by atoms with Crippen molar-refractivity contribution in [3.63, 3.8) is 0 Å². The molecule has 4 nitrogen and oxygen atoms in total. The molecule has 1 aliphatic rings. The van der Waals surface area contributed by atoms with E-state index in [1.54, 1.807) is 0 Å². The topological polar surface area (TPSA) is 48.4 Å². The van der Waals surface area contributed by atoms with Gasteiger partial charge in [0.15, 0.2) is 5.11 Å². The van der Waals surface area contributed by atoms with Gasteiger partial charge in [0.25, 0.3) is 0 Å². The van der Waals surface area contributed by atoms with Gasteiger partial charge >= 0.3 is 0 Å². The van der Waals surface area contributed by atoms with Crippen LogP contribution in [-0.4, -0.2) is 32.8 Å². The summed E-state index contributed by atoms with van der Waals surface area (Å²) in [5.74, 6) is 0. The molecular formula is C22H23N3OS. The Morgan fingerprint density at radius 2 is 2.04 bits per heavy atom. The van der Waals surface area contributed by atoms with Gasteiger partial charge in [-0.2, -0.15) is 0 Å². The molecule has 0 amide bonds. The number of hydrogen-bond acceptors (Lipinski definition) is 3. The van der Waals surface area contributed by atoms with Crippen molar-refractivity contribution in [1.29, 1.82) is 0 Å². The Morgan fingerprint density at radius 3 is 2.85 bits per heavy atom. The van der Waals surface area contributed by atoms with Gasteiger partial charge in [-0.05, 0) is 55.2 Å². The van der Waals surface area contributed by atoms with Crippen LogP contribution < -0.4 is 5.32 Å². The molecule has 0 fully saturated rings. The third kappa shape index (κ3) is 3.66. The fourth-order valence-corrected chi connectivity index (χ4v) is 4.13. The van der Waals surface area contributed by atoms with Crippen LogP contribution in [0.5, 0.6) is 0 Å². The van der Waals surface area contributed by atoms with Crippen LogP contribution in [0.2, 0.25) is 0 Å². The van der Waals surface area contributed by atoms with E-state index in [4.69, 9.17) is 12.2 Å². The summed E-state index contributed by atoms with van der Waals surface area (Å²) in [6, 6.07) is 16.9. The molecule has 5 heteroatoms. The molecule has 0 spiro atoms. The Hall–Kier alpha value is -2.50. The molecule has 1 aromatic heterocycles. The van der Waals surface area contributed by atoms with E-state index in [0.717, 1.165) is 35.1 Å². The lowest BCUT2D eigenvalue weighted by Crippen LogP contribution is -2.46. The Balaban J connectivity index is 1.63. The van der Waals surface area contributed by atoms with E-state index in [1.807, 2.05) is 25.3 Å². The fourth-order valence-electron chi connectivity index (χ4n) is 3.80. The molecule has 3 aromatic rings. The lowest BCUT2D eigenvalue weighted by atomic mass is 9.93. The molecule has 0 saturated heterocycles. The van der Waals surface area contributed by atoms with Gasteiger partial charge in [0.1, 0.15) is 0 Å². The number of nitrogens with zero attached hydrogens (tertiary/aromatic N) is 2. The van der Waals surface area contributed by atoms with E-state index in [-0.39, 0.29) is 12.6 Å². The fraction of sp³-hybridized carbons (Fsp3) is 0.273. The number of pyridine rings is 1. The quantitative estimate of drug-likeness (QED) is 0.675. The molecule has 0 saturated carbocycles. The number of aromatic nitrogens is 1. The van der Waals surface area contributed by atoms with Gasteiger partial charge in [0.2, 0.25) is 0 Å². The Morgan fingerprint density at radius 1 is 1.22 bits per heavy atom. The lowest BCUT2D eigenvalue weighted by molar-refractivity contribution is 0.207. The van der Waals surface area contributed by atoms with Gasteiger partial charge in [0.05, 0.1) is 0 Å². The van der Waals surface area contributed by atoms with Crippen LogP contribution in [0.4, 0.5) is 5.69 Å². The molecule has 2 heterocycles. The summed E-state index contributed by atoms with van der Waals surface area (Å²) in [5.41, 5.74) is 4.62. The van der Waals surface area contributed by atoms with E-state index in [0.29, 0.717) is 11.5 Å². The highest BCUT2D eigenvalue weighted by molar-refractivity contribution is 7.80. The van der Waals surface area contributed by atoms with Crippen molar-refractivity contribution >= 4 is 33.8 Å². The molecule has 138 valence electrons. The number of aliphatic hydroxyl groups is 1. The minimum absolute atomic E-state index is 0.158. The minimum atomic E-state index is 0.158. The number of nitrogens with one attached hydrogen (secondary N) is 1. The second kappa shape index (κ2) is 7.62. The molecule has 2 N–H and O–H groups in total. The van der Waals surface area contributed by atoms with E-state index in [2.05, 4.69) is 51.6 Å². The molecule has 27 heavy (non-hydrogen) atoms. The van der Waals surface area contributed by atoms with E-state index in [9.17, 15) is 5.11 Å². The number of rotatable bonds is 3. The highest BCUT2D eigenvalue weighted by atomic mass is 32.1. The van der Waals surface area contributed by atoms with Crippen molar-refractivity contribution in [2.45, 2.75) is 32.4 Å². The van der Waals surface area contributed by atoms with Gasteiger partial charge in [-0.25, -0.2) is 0 Å². The zero-order valence-electron chi connectivity index (χ0n) is 15.4. The van der Waals surface area contributed by atoms with E-state index < -0.39 is 0 Å². The zero-order chi connectivity index (χ0) is 18.8. The summed E-state index contributed by atoms with van der Waals surface area (Å²) in [5, 5.41) is 15.9. The molecule has 4 rings (SSSR count). The van der Waals surface area contributed by atoms with Crippen molar-refractivity contribution in [3.8, 4) is 0 Å². The van der Waals surface area contributed by atoms with Crippen molar-refractivity contribution in [1.82, 2.24) is 9.88 Å². The summed E-state index contributed by atoms with van der Waals surface area (Å²) in [6.07, 6.45) is 3.50. The van der Waals surface area contributed by atoms with Gasteiger partial charge in [-0.1, -0.05) is 36.4 Å². The average molecular weight is 378 g/mol. The van der Waals surface area contributed by atoms with Crippen molar-refractivity contribution in [2.75, 3.05) is 11.9 Å². The van der Waals surface area contributed by atoms with Crippen LogP contribution in [0.25, 0.3) is 10.8 Å². The molecule has 0 radical (unpaired) electrons. The van der Waals surface area contributed by atoms with Gasteiger partial charge in [0, 0.05) is 47.5 Å². The summed E-state index contributed by atoms with van der Waals surface area (Å²) in [6.45, 7) is 2.91. The molecule has 2 aromatic carbocycles. The minimum Gasteiger partial charge on any atom is -0.396 e. The van der Waals surface area contributed by atoms with Crippen LogP contribution >= 0.6 is 12.2 Å². The van der Waals surface area contributed by atoms with Crippen LogP contribution in [0.15, 0.2) is 54.7 Å². The number of aliphatic hydroxyl groups excluding tert-OH is 1. The first-order valence-electron chi connectivity index (χ1n) is 9.26. The maximum atomic E-state index is 9.53. The van der Waals surface area contributed by atoms with Crippen LogP contribution in [0.3, 0.4) is 0 Å². The highest BCUT2D eigenvalue weighted by Gasteiger charge is 2.27. The van der Waals surface area contributed by atoms with Crippen molar-refractivity contribution in [3.05, 3.63) is 71.5 Å². The molecular weight excluding hydrogens is 354 g/mol.